The van der Waals surface area contributed by atoms with Gasteiger partial charge in [-0.2, -0.15) is 13.2 Å². The SMILES string of the molecule is Cc1ccc(-c2nccs2)c(C(=O)N2CCCC(C)C2CNc2ccc(C(F)(F)F)cn2)c1. The third-order valence-electron chi connectivity index (χ3n) is 6.03. The van der Waals surface area contributed by atoms with Crippen molar-refractivity contribution >= 4 is 23.1 Å². The lowest BCUT2D eigenvalue weighted by Gasteiger charge is -2.40. The molecule has 2 aromatic heterocycles. The first kappa shape index (κ1) is 23.2. The number of aromatic nitrogens is 2. The fraction of sp³-hybridized carbons (Fsp3) is 0.375. The quantitative estimate of drug-likeness (QED) is 0.501. The minimum Gasteiger partial charge on any atom is -0.368 e. The number of carbonyl (C=O) groups excluding carboxylic acids is 1. The topological polar surface area (TPSA) is 58.1 Å². The Kier molecular flexibility index (Phi) is 6.69. The Balaban J connectivity index is 1.55. The molecule has 174 valence electrons. The number of piperidine rings is 1. The Morgan fingerprint density at radius 2 is 2.06 bits per heavy atom. The molecule has 1 aliphatic rings. The van der Waals surface area contributed by atoms with Gasteiger partial charge in [-0.1, -0.05) is 24.6 Å². The Labute approximate surface area is 194 Å². The average Bonchev–Trinajstić information content (AvgIpc) is 3.32. The molecule has 3 heterocycles. The van der Waals surface area contributed by atoms with Gasteiger partial charge in [0.15, 0.2) is 0 Å². The van der Waals surface area contributed by atoms with E-state index < -0.39 is 11.7 Å². The van der Waals surface area contributed by atoms with Gasteiger partial charge in [-0.05, 0) is 43.9 Å². The van der Waals surface area contributed by atoms with Crippen LogP contribution in [0.3, 0.4) is 0 Å². The molecule has 0 bridgehead atoms. The van der Waals surface area contributed by atoms with Crippen molar-refractivity contribution in [3.05, 3.63) is 64.8 Å². The minimum absolute atomic E-state index is 0.0531. The molecule has 1 saturated heterocycles. The van der Waals surface area contributed by atoms with Crippen molar-refractivity contribution < 1.29 is 18.0 Å². The number of benzene rings is 1. The lowest BCUT2D eigenvalue weighted by Crippen LogP contribution is -2.51. The van der Waals surface area contributed by atoms with Crippen LogP contribution >= 0.6 is 11.3 Å². The number of thiazole rings is 1. The number of nitrogens with zero attached hydrogens (tertiary/aromatic N) is 3. The fourth-order valence-electron chi connectivity index (χ4n) is 4.22. The number of nitrogens with one attached hydrogen (secondary N) is 1. The molecule has 4 rings (SSSR count). The van der Waals surface area contributed by atoms with E-state index >= 15 is 0 Å². The molecular formula is C24H25F3N4OS. The number of rotatable bonds is 5. The molecule has 5 nitrogen and oxygen atoms in total. The summed E-state index contributed by atoms with van der Waals surface area (Å²) in [4.78, 5) is 23.9. The number of hydrogen-bond acceptors (Lipinski definition) is 5. The van der Waals surface area contributed by atoms with Crippen LogP contribution in [0.25, 0.3) is 10.6 Å². The summed E-state index contributed by atoms with van der Waals surface area (Å²) in [6.45, 7) is 5.09. The summed E-state index contributed by atoms with van der Waals surface area (Å²) in [5.41, 5.74) is 1.64. The van der Waals surface area contributed by atoms with E-state index in [2.05, 4.69) is 22.2 Å². The number of anilines is 1. The highest BCUT2D eigenvalue weighted by atomic mass is 32.1. The predicted molar refractivity (Wildman–Crippen MR) is 123 cm³/mol. The molecule has 1 fully saturated rings. The van der Waals surface area contributed by atoms with Crippen molar-refractivity contribution in [2.24, 2.45) is 5.92 Å². The first-order chi connectivity index (χ1) is 15.7. The maximum Gasteiger partial charge on any atom is 0.417 e. The zero-order valence-corrected chi connectivity index (χ0v) is 19.2. The van der Waals surface area contributed by atoms with Gasteiger partial charge in [0.25, 0.3) is 5.91 Å². The minimum atomic E-state index is -4.42. The van der Waals surface area contributed by atoms with Gasteiger partial charge < -0.3 is 10.2 Å². The van der Waals surface area contributed by atoms with Crippen LogP contribution in [0, 0.1) is 12.8 Å². The van der Waals surface area contributed by atoms with Crippen LogP contribution in [0.2, 0.25) is 0 Å². The number of likely N-dealkylation sites (tertiary alicyclic amines) is 1. The number of aryl methyl sites for hydroxylation is 1. The molecule has 3 aromatic rings. The summed E-state index contributed by atoms with van der Waals surface area (Å²) in [7, 11) is 0. The molecule has 33 heavy (non-hydrogen) atoms. The summed E-state index contributed by atoms with van der Waals surface area (Å²) in [5.74, 6) is 0.535. The Bertz CT molecular complexity index is 1100. The molecule has 1 N–H and O–H groups in total. The Morgan fingerprint density at radius 3 is 2.73 bits per heavy atom. The van der Waals surface area contributed by atoms with Gasteiger partial charge >= 0.3 is 6.18 Å². The predicted octanol–water partition coefficient (Wildman–Crippen LogP) is 5.89. The van der Waals surface area contributed by atoms with Crippen molar-refractivity contribution in [2.75, 3.05) is 18.4 Å². The maximum absolute atomic E-state index is 13.7. The maximum atomic E-state index is 13.7. The molecule has 2 unspecified atom stereocenters. The van der Waals surface area contributed by atoms with Gasteiger partial charge in [-0.25, -0.2) is 9.97 Å². The number of pyridine rings is 1. The second-order valence-corrected chi connectivity index (χ2v) is 9.28. The Morgan fingerprint density at radius 1 is 1.24 bits per heavy atom. The van der Waals surface area contributed by atoms with Crippen LogP contribution in [0.15, 0.2) is 48.1 Å². The van der Waals surface area contributed by atoms with Gasteiger partial charge in [-0.3, -0.25) is 4.79 Å². The van der Waals surface area contributed by atoms with E-state index in [1.807, 2.05) is 35.4 Å². The second-order valence-electron chi connectivity index (χ2n) is 8.38. The molecular weight excluding hydrogens is 449 g/mol. The molecule has 1 aromatic carbocycles. The summed E-state index contributed by atoms with van der Waals surface area (Å²) in [5, 5.41) is 5.81. The highest BCUT2D eigenvalue weighted by Crippen LogP contribution is 2.32. The van der Waals surface area contributed by atoms with E-state index in [1.165, 1.54) is 17.4 Å². The van der Waals surface area contributed by atoms with Gasteiger partial charge in [0, 0.05) is 36.4 Å². The first-order valence-electron chi connectivity index (χ1n) is 10.8. The van der Waals surface area contributed by atoms with Gasteiger partial charge in [-0.15, -0.1) is 11.3 Å². The number of amides is 1. The lowest BCUT2D eigenvalue weighted by atomic mass is 9.89. The number of carbonyl (C=O) groups is 1. The van der Waals surface area contributed by atoms with Crippen LogP contribution in [0.5, 0.6) is 0 Å². The van der Waals surface area contributed by atoms with E-state index in [9.17, 15) is 18.0 Å². The third kappa shape index (κ3) is 5.19. The highest BCUT2D eigenvalue weighted by molar-refractivity contribution is 7.13. The van der Waals surface area contributed by atoms with Crippen molar-refractivity contribution in [3.8, 4) is 10.6 Å². The molecule has 1 amide bonds. The highest BCUT2D eigenvalue weighted by Gasteiger charge is 2.34. The molecule has 1 aliphatic heterocycles. The molecule has 0 aliphatic carbocycles. The largest absolute Gasteiger partial charge is 0.417 e. The molecule has 2 atom stereocenters. The smallest absolute Gasteiger partial charge is 0.368 e. The summed E-state index contributed by atoms with van der Waals surface area (Å²) in [6.07, 6.45) is 0.00308. The fourth-order valence-corrected chi connectivity index (χ4v) is 4.90. The van der Waals surface area contributed by atoms with Crippen LogP contribution < -0.4 is 5.32 Å². The second kappa shape index (κ2) is 9.51. The van der Waals surface area contributed by atoms with Crippen LogP contribution in [-0.2, 0) is 6.18 Å². The van der Waals surface area contributed by atoms with E-state index in [-0.39, 0.29) is 17.9 Å². The summed E-state index contributed by atoms with van der Waals surface area (Å²) in [6, 6.07) is 8.04. The zero-order valence-electron chi connectivity index (χ0n) is 18.4. The summed E-state index contributed by atoms with van der Waals surface area (Å²) < 4.78 is 38.4. The van der Waals surface area contributed by atoms with Gasteiger partial charge in [0.1, 0.15) is 10.8 Å². The first-order valence-corrected chi connectivity index (χ1v) is 11.7. The van der Waals surface area contributed by atoms with Crippen LogP contribution in [0.4, 0.5) is 19.0 Å². The number of alkyl halides is 3. The van der Waals surface area contributed by atoms with E-state index in [0.717, 1.165) is 41.2 Å². The summed E-state index contributed by atoms with van der Waals surface area (Å²) >= 11 is 1.49. The standard InChI is InChI=1S/C24H25F3N4OS/c1-15-5-7-18(22-28-9-11-33-22)19(12-15)23(32)31-10-3-4-16(2)20(31)14-30-21-8-6-17(13-29-21)24(25,26)27/h5-9,11-13,16,20H,3-4,10,14H2,1-2H3,(H,29,30). The molecule has 0 spiro atoms. The van der Waals surface area contributed by atoms with Gasteiger partial charge in [0.2, 0.25) is 0 Å². The van der Waals surface area contributed by atoms with Gasteiger partial charge in [0.05, 0.1) is 17.2 Å². The molecule has 0 radical (unpaired) electrons. The monoisotopic (exact) mass is 474 g/mol. The Hall–Kier alpha value is -2.94. The van der Waals surface area contributed by atoms with E-state index in [0.29, 0.717) is 24.5 Å². The number of halogens is 3. The van der Waals surface area contributed by atoms with E-state index in [1.54, 1.807) is 6.20 Å². The normalized spacial score (nSPS) is 18.9. The van der Waals surface area contributed by atoms with E-state index in [4.69, 9.17) is 0 Å². The average molecular weight is 475 g/mol. The van der Waals surface area contributed by atoms with Crippen LogP contribution in [0.1, 0.15) is 41.3 Å². The van der Waals surface area contributed by atoms with Crippen molar-refractivity contribution in [3.63, 3.8) is 0 Å². The zero-order chi connectivity index (χ0) is 23.6. The number of hydrogen-bond donors (Lipinski definition) is 1. The third-order valence-corrected chi connectivity index (χ3v) is 6.83. The van der Waals surface area contributed by atoms with Crippen molar-refractivity contribution in [1.29, 1.82) is 0 Å². The van der Waals surface area contributed by atoms with Crippen molar-refractivity contribution in [1.82, 2.24) is 14.9 Å². The molecule has 0 saturated carbocycles. The molecule has 9 heteroatoms. The van der Waals surface area contributed by atoms with Crippen LogP contribution in [-0.4, -0.2) is 39.9 Å². The van der Waals surface area contributed by atoms with Crippen molar-refractivity contribution in [2.45, 2.75) is 38.9 Å². The lowest BCUT2D eigenvalue weighted by molar-refractivity contribution is -0.137.